The first kappa shape index (κ1) is 30.0. The van der Waals surface area contributed by atoms with E-state index in [0.717, 1.165) is 11.1 Å². The number of halogens is 1. The van der Waals surface area contributed by atoms with Gasteiger partial charge in [-0.05, 0) is 85.5 Å². The maximum Gasteiger partial charge on any atom is 0.308 e. The minimum Gasteiger partial charge on any atom is -0.469 e. The SMILES string of the molecule is COC(=O)CC(O)CC(O)CCc1c(C(=O)NCc2cc(C)c(C(C)C)cc2C)cnn1-c1ccc(F)cc1. The highest BCUT2D eigenvalue weighted by atomic mass is 19.1. The highest BCUT2D eigenvalue weighted by molar-refractivity contribution is 5.95. The molecule has 0 bridgehead atoms. The molecule has 0 fully saturated rings. The van der Waals surface area contributed by atoms with E-state index in [9.17, 15) is 24.2 Å². The van der Waals surface area contributed by atoms with Crippen molar-refractivity contribution in [2.75, 3.05) is 7.11 Å². The van der Waals surface area contributed by atoms with Gasteiger partial charge in [-0.3, -0.25) is 9.59 Å². The predicted octanol–water partition coefficient (Wildman–Crippen LogP) is 4.29. The first-order chi connectivity index (χ1) is 18.5. The number of aryl methyl sites for hydroxylation is 2. The number of aromatic nitrogens is 2. The molecule has 3 N–H and O–H groups in total. The Kier molecular flexibility index (Phi) is 10.4. The topological polar surface area (TPSA) is 114 Å². The molecular weight excluding hydrogens is 501 g/mol. The third-order valence-corrected chi connectivity index (χ3v) is 6.86. The van der Waals surface area contributed by atoms with Crippen LogP contribution in [0, 0.1) is 19.7 Å². The van der Waals surface area contributed by atoms with Gasteiger partial charge in [0.05, 0.1) is 48.9 Å². The van der Waals surface area contributed by atoms with Crippen LogP contribution in [-0.2, 0) is 22.5 Å². The number of aliphatic hydroxyl groups is 2. The summed E-state index contributed by atoms with van der Waals surface area (Å²) >= 11 is 0. The number of rotatable bonds is 12. The molecule has 0 saturated heterocycles. The molecule has 8 nitrogen and oxygen atoms in total. The summed E-state index contributed by atoms with van der Waals surface area (Å²) < 4.78 is 19.6. The number of nitrogens with zero attached hydrogens (tertiary/aromatic N) is 2. The highest BCUT2D eigenvalue weighted by Crippen LogP contribution is 2.24. The smallest absolute Gasteiger partial charge is 0.308 e. The highest BCUT2D eigenvalue weighted by Gasteiger charge is 2.22. The Balaban J connectivity index is 1.79. The van der Waals surface area contributed by atoms with E-state index in [4.69, 9.17) is 0 Å². The van der Waals surface area contributed by atoms with Crippen molar-refractivity contribution in [3.05, 3.63) is 81.9 Å². The van der Waals surface area contributed by atoms with Crippen LogP contribution in [0.4, 0.5) is 4.39 Å². The zero-order valence-electron chi connectivity index (χ0n) is 23.2. The molecule has 2 unspecified atom stereocenters. The normalized spacial score (nSPS) is 12.8. The maximum atomic E-state index is 13.5. The first-order valence-corrected chi connectivity index (χ1v) is 13.1. The largest absolute Gasteiger partial charge is 0.469 e. The number of hydrogen-bond donors (Lipinski definition) is 3. The lowest BCUT2D eigenvalue weighted by atomic mass is 9.93. The zero-order chi connectivity index (χ0) is 28.7. The number of carbonyl (C=O) groups is 2. The van der Waals surface area contributed by atoms with E-state index in [2.05, 4.69) is 48.1 Å². The van der Waals surface area contributed by atoms with E-state index in [1.807, 2.05) is 6.92 Å². The van der Waals surface area contributed by atoms with Gasteiger partial charge in [-0.25, -0.2) is 9.07 Å². The van der Waals surface area contributed by atoms with Gasteiger partial charge in [0.15, 0.2) is 0 Å². The summed E-state index contributed by atoms with van der Waals surface area (Å²) in [7, 11) is 1.23. The van der Waals surface area contributed by atoms with E-state index in [1.54, 1.807) is 16.8 Å². The van der Waals surface area contributed by atoms with E-state index in [0.29, 0.717) is 29.4 Å². The Hall–Kier alpha value is -3.56. The lowest BCUT2D eigenvalue weighted by Crippen LogP contribution is -2.25. The lowest BCUT2D eigenvalue weighted by molar-refractivity contribution is -0.143. The molecular formula is C30H38FN3O5. The summed E-state index contributed by atoms with van der Waals surface area (Å²) in [4.78, 5) is 24.7. The van der Waals surface area contributed by atoms with Crippen molar-refractivity contribution in [3.8, 4) is 5.69 Å². The van der Waals surface area contributed by atoms with Crippen LogP contribution >= 0.6 is 0 Å². The fourth-order valence-corrected chi connectivity index (χ4v) is 4.68. The number of methoxy groups -OCH3 is 1. The number of benzene rings is 2. The van der Waals surface area contributed by atoms with Gasteiger partial charge in [0.2, 0.25) is 0 Å². The van der Waals surface area contributed by atoms with Gasteiger partial charge >= 0.3 is 5.97 Å². The van der Waals surface area contributed by atoms with E-state index < -0.39 is 24.0 Å². The second-order valence-corrected chi connectivity index (χ2v) is 10.2. The third kappa shape index (κ3) is 7.97. The van der Waals surface area contributed by atoms with Crippen LogP contribution in [0.1, 0.15) is 77.3 Å². The van der Waals surface area contributed by atoms with Crippen molar-refractivity contribution in [3.63, 3.8) is 0 Å². The van der Waals surface area contributed by atoms with Crippen LogP contribution in [0.15, 0.2) is 42.6 Å². The van der Waals surface area contributed by atoms with Crippen LogP contribution in [0.3, 0.4) is 0 Å². The van der Waals surface area contributed by atoms with Gasteiger partial charge in [0.25, 0.3) is 5.91 Å². The van der Waals surface area contributed by atoms with E-state index in [-0.39, 0.29) is 31.6 Å². The number of amides is 1. The van der Waals surface area contributed by atoms with Gasteiger partial charge in [-0.2, -0.15) is 5.10 Å². The summed E-state index contributed by atoms with van der Waals surface area (Å²) in [5.74, 6) is -0.866. The molecule has 2 aromatic carbocycles. The fraction of sp³-hybridized carbons (Fsp3) is 0.433. The first-order valence-electron chi connectivity index (χ1n) is 13.1. The summed E-state index contributed by atoms with van der Waals surface area (Å²) in [5.41, 5.74) is 6.03. The molecule has 0 aliphatic carbocycles. The minimum absolute atomic E-state index is 0.0215. The van der Waals surface area contributed by atoms with Gasteiger partial charge in [-0.1, -0.05) is 26.0 Å². The predicted molar refractivity (Wildman–Crippen MR) is 146 cm³/mol. The molecule has 0 saturated carbocycles. The second-order valence-electron chi connectivity index (χ2n) is 10.2. The Labute approximate surface area is 228 Å². The molecule has 3 aromatic rings. The molecule has 0 radical (unpaired) electrons. The lowest BCUT2D eigenvalue weighted by Gasteiger charge is -2.17. The second kappa shape index (κ2) is 13.5. The molecule has 1 amide bonds. The van der Waals surface area contributed by atoms with Crippen LogP contribution in [-0.4, -0.2) is 51.2 Å². The van der Waals surface area contributed by atoms with Crippen molar-refractivity contribution in [1.82, 2.24) is 15.1 Å². The van der Waals surface area contributed by atoms with Crippen LogP contribution in [0.5, 0.6) is 0 Å². The van der Waals surface area contributed by atoms with Crippen molar-refractivity contribution >= 4 is 11.9 Å². The van der Waals surface area contributed by atoms with Gasteiger partial charge in [0.1, 0.15) is 5.82 Å². The molecule has 3 rings (SSSR count). The minimum atomic E-state index is -1.05. The fourth-order valence-electron chi connectivity index (χ4n) is 4.68. The summed E-state index contributed by atoms with van der Waals surface area (Å²) in [5, 5.41) is 28.0. The van der Waals surface area contributed by atoms with E-state index >= 15 is 0 Å². The van der Waals surface area contributed by atoms with Crippen molar-refractivity contribution in [2.45, 2.75) is 78.0 Å². The number of esters is 1. The molecule has 9 heteroatoms. The molecule has 39 heavy (non-hydrogen) atoms. The van der Waals surface area contributed by atoms with Gasteiger partial charge in [-0.15, -0.1) is 0 Å². The van der Waals surface area contributed by atoms with Crippen molar-refractivity contribution in [2.24, 2.45) is 0 Å². The average molecular weight is 540 g/mol. The average Bonchev–Trinajstić information content (AvgIpc) is 3.31. The third-order valence-electron chi connectivity index (χ3n) is 6.86. The Morgan fingerprint density at radius 1 is 1.08 bits per heavy atom. The molecule has 2 atom stereocenters. The van der Waals surface area contributed by atoms with Crippen LogP contribution in [0.25, 0.3) is 5.69 Å². The monoisotopic (exact) mass is 539 g/mol. The van der Waals surface area contributed by atoms with Crippen molar-refractivity contribution in [1.29, 1.82) is 0 Å². The molecule has 1 heterocycles. The summed E-state index contributed by atoms with van der Waals surface area (Å²) in [6, 6.07) is 10.0. The number of aliphatic hydroxyl groups excluding tert-OH is 2. The standard InChI is InChI=1S/C30H38FN3O5/c1-18(2)26-13-19(3)21(12-20(26)4)16-32-30(38)27-17-33-34(23-8-6-22(31)7-9-23)28(27)11-10-24(35)14-25(36)15-29(37)39-5/h6-9,12-13,17-18,24-25,35-36H,10-11,14-16H2,1-5H3,(H,32,38). The molecule has 1 aromatic heterocycles. The summed E-state index contributed by atoms with van der Waals surface area (Å²) in [6.07, 6.45) is -0.286. The van der Waals surface area contributed by atoms with Gasteiger partial charge < -0.3 is 20.3 Å². The number of carbonyl (C=O) groups excluding carboxylic acids is 2. The summed E-state index contributed by atoms with van der Waals surface area (Å²) in [6.45, 7) is 8.74. The Morgan fingerprint density at radius 3 is 2.41 bits per heavy atom. The van der Waals surface area contributed by atoms with Crippen LogP contribution in [0.2, 0.25) is 0 Å². The Morgan fingerprint density at radius 2 is 1.77 bits per heavy atom. The number of ether oxygens (including phenoxy) is 1. The quantitative estimate of drug-likeness (QED) is 0.296. The maximum absolute atomic E-state index is 13.5. The Bertz CT molecular complexity index is 1290. The molecule has 0 aliphatic heterocycles. The van der Waals surface area contributed by atoms with E-state index in [1.165, 1.54) is 36.6 Å². The van der Waals surface area contributed by atoms with Crippen LogP contribution < -0.4 is 5.32 Å². The molecule has 210 valence electrons. The number of nitrogens with one attached hydrogen (secondary N) is 1. The molecule has 0 aliphatic rings. The van der Waals surface area contributed by atoms with Crippen molar-refractivity contribution < 1.29 is 28.9 Å². The zero-order valence-corrected chi connectivity index (χ0v) is 23.2. The van der Waals surface area contributed by atoms with Gasteiger partial charge in [0, 0.05) is 6.54 Å². The molecule has 0 spiro atoms. The number of hydrogen-bond acceptors (Lipinski definition) is 6.